The van der Waals surface area contributed by atoms with Crippen molar-refractivity contribution in [1.82, 2.24) is 0 Å². The van der Waals surface area contributed by atoms with Crippen molar-refractivity contribution in [1.29, 1.82) is 0 Å². The van der Waals surface area contributed by atoms with Crippen LogP contribution >= 0.6 is 0 Å². The Morgan fingerprint density at radius 3 is 0.657 bits per heavy atom. The van der Waals surface area contributed by atoms with Gasteiger partial charge in [-0.2, -0.15) is 0 Å². The molecule has 0 aliphatic carbocycles. The average molecular weight is 643 g/mol. The number of nitro benzene ring substituents is 3. The first-order valence-electron chi connectivity index (χ1n) is 8.30. The number of phenolic OH excluding ortho intramolecular Hbond substituents is 6. The molecular formula is C18H15N3O12Y2. The summed E-state index contributed by atoms with van der Waals surface area (Å²) < 4.78 is 0. The van der Waals surface area contributed by atoms with Gasteiger partial charge >= 0.3 is 0 Å². The normalized spacial score (nSPS) is 8.91. The molecule has 0 aliphatic heterocycles. The molecule has 3 aromatic carbocycles. The Bertz CT molecular complexity index is 986. The van der Waals surface area contributed by atoms with Crippen molar-refractivity contribution < 1.29 is 111 Å². The van der Waals surface area contributed by atoms with E-state index in [9.17, 15) is 30.3 Å². The molecule has 0 saturated carbocycles. The molecule has 0 amide bonds. The fourth-order valence-corrected chi connectivity index (χ4v) is 2.05. The summed E-state index contributed by atoms with van der Waals surface area (Å²) in [7, 11) is 0. The minimum absolute atomic E-state index is 0. The zero-order valence-corrected chi connectivity index (χ0v) is 23.0. The van der Waals surface area contributed by atoms with Crippen molar-refractivity contribution in [2.24, 2.45) is 0 Å². The van der Waals surface area contributed by atoms with E-state index in [0.717, 1.165) is 54.6 Å². The molecule has 0 unspecified atom stereocenters. The summed E-state index contributed by atoms with van der Waals surface area (Å²) in [5.41, 5.74) is -0.993. The summed E-state index contributed by atoms with van der Waals surface area (Å²) in [6.07, 6.45) is 0. The van der Waals surface area contributed by atoms with Crippen LogP contribution < -0.4 is 0 Å². The zero-order chi connectivity index (χ0) is 25.3. The monoisotopic (exact) mass is 643 g/mol. The van der Waals surface area contributed by atoms with E-state index < -0.39 is 14.8 Å². The number of rotatable bonds is 3. The predicted octanol–water partition coefficient (Wildman–Crippen LogP) is 3.01. The van der Waals surface area contributed by atoms with E-state index in [1.54, 1.807) is 0 Å². The molecule has 17 heteroatoms. The van der Waals surface area contributed by atoms with E-state index in [1.807, 2.05) is 0 Å². The van der Waals surface area contributed by atoms with E-state index in [1.165, 1.54) is 0 Å². The van der Waals surface area contributed by atoms with Crippen LogP contribution in [0.2, 0.25) is 0 Å². The number of nitro groups is 3. The number of aromatic hydroxyl groups is 6. The summed E-state index contributed by atoms with van der Waals surface area (Å²) in [6.45, 7) is 0. The minimum Gasteiger partial charge on any atom is -0.508 e. The molecule has 0 saturated heterocycles. The van der Waals surface area contributed by atoms with Crippen molar-refractivity contribution in [3.8, 4) is 34.5 Å². The van der Waals surface area contributed by atoms with Crippen molar-refractivity contribution in [2.75, 3.05) is 0 Å². The molecule has 0 fully saturated rings. The summed E-state index contributed by atoms with van der Waals surface area (Å²) in [6, 6.07) is 8.81. The summed E-state index contributed by atoms with van der Waals surface area (Å²) in [5.74, 6) is -1.93. The molecule has 0 bridgehead atoms. The van der Waals surface area contributed by atoms with Crippen molar-refractivity contribution in [3.05, 3.63) is 84.9 Å². The Hall–Kier alpha value is -3.13. The first-order chi connectivity index (χ1) is 15.3. The van der Waals surface area contributed by atoms with E-state index in [2.05, 4.69) is 0 Å². The Balaban J connectivity index is 0. The SMILES string of the molecule is O=[N+]([O-])c1cc(O)cc(O)c1.O=[N+]([O-])c1cc(O)cc(O)c1.O=[N+]([O-])c1cc(O)cc(O)c1.[Y].[Y]. The molecule has 0 atom stereocenters. The third-order valence-electron chi connectivity index (χ3n) is 3.29. The number of non-ortho nitro benzene ring substituents is 3. The van der Waals surface area contributed by atoms with Crippen molar-refractivity contribution in [2.45, 2.75) is 0 Å². The fourth-order valence-electron chi connectivity index (χ4n) is 2.05. The van der Waals surface area contributed by atoms with Gasteiger partial charge in [0.1, 0.15) is 34.5 Å². The smallest absolute Gasteiger partial charge is 0.276 e. The Kier molecular flexibility index (Phi) is 15.3. The molecule has 0 aromatic heterocycles. The molecule has 180 valence electrons. The van der Waals surface area contributed by atoms with Gasteiger partial charge in [0, 0.05) is 83.6 Å². The molecule has 35 heavy (non-hydrogen) atoms. The molecule has 3 aromatic rings. The standard InChI is InChI=1S/3C6H5NO4.2Y/c3*8-5-1-4(7(10)11)2-6(9)3-5;;/h3*1-3,8-9H;;. The van der Waals surface area contributed by atoms with Crippen molar-refractivity contribution in [3.63, 3.8) is 0 Å². The van der Waals surface area contributed by atoms with Gasteiger partial charge in [-0.3, -0.25) is 30.3 Å². The van der Waals surface area contributed by atoms with E-state index in [-0.39, 0.29) is 117 Å². The number of benzene rings is 3. The molecule has 15 nitrogen and oxygen atoms in total. The second-order valence-corrected chi connectivity index (χ2v) is 5.89. The molecule has 6 N–H and O–H groups in total. The van der Waals surface area contributed by atoms with E-state index in [0.29, 0.717) is 0 Å². The van der Waals surface area contributed by atoms with Crippen LogP contribution in [0.25, 0.3) is 0 Å². The maximum Gasteiger partial charge on any atom is 0.276 e. The second-order valence-electron chi connectivity index (χ2n) is 5.89. The fraction of sp³-hybridized carbons (Fsp3) is 0. The van der Waals surface area contributed by atoms with Crippen LogP contribution in [0.4, 0.5) is 17.1 Å². The zero-order valence-electron chi connectivity index (χ0n) is 17.3. The van der Waals surface area contributed by atoms with Gasteiger partial charge in [-0.1, -0.05) is 0 Å². The van der Waals surface area contributed by atoms with Crippen LogP contribution in [0.15, 0.2) is 54.6 Å². The quantitative estimate of drug-likeness (QED) is 0.178. The van der Waals surface area contributed by atoms with Gasteiger partial charge in [0.05, 0.1) is 51.2 Å². The van der Waals surface area contributed by atoms with Crippen LogP contribution in [-0.2, 0) is 65.4 Å². The molecule has 0 spiro atoms. The first kappa shape index (κ1) is 34.0. The number of nitrogens with zero attached hydrogens (tertiary/aromatic N) is 3. The molecule has 2 radical (unpaired) electrons. The number of phenols is 6. The Labute approximate surface area is 245 Å². The van der Waals surface area contributed by atoms with Gasteiger partial charge < -0.3 is 30.6 Å². The molecule has 0 aliphatic rings. The van der Waals surface area contributed by atoms with Gasteiger partial charge in [-0.15, -0.1) is 0 Å². The van der Waals surface area contributed by atoms with Gasteiger partial charge in [-0.05, 0) is 0 Å². The third kappa shape index (κ3) is 12.8. The van der Waals surface area contributed by atoms with Gasteiger partial charge in [0.15, 0.2) is 0 Å². The molecule has 3 rings (SSSR count). The van der Waals surface area contributed by atoms with E-state index >= 15 is 0 Å². The summed E-state index contributed by atoms with van der Waals surface area (Å²) >= 11 is 0. The number of hydrogen-bond donors (Lipinski definition) is 6. The predicted molar refractivity (Wildman–Crippen MR) is 109 cm³/mol. The topological polar surface area (TPSA) is 251 Å². The van der Waals surface area contributed by atoms with Gasteiger partial charge in [0.2, 0.25) is 0 Å². The molecular weight excluding hydrogens is 628 g/mol. The van der Waals surface area contributed by atoms with Crippen molar-refractivity contribution >= 4 is 17.1 Å². The summed E-state index contributed by atoms with van der Waals surface area (Å²) in [5, 5.41) is 82.9. The minimum atomic E-state index is -0.695. The summed E-state index contributed by atoms with van der Waals surface area (Å²) in [4.78, 5) is 28.2. The number of hydrogen-bond acceptors (Lipinski definition) is 12. The van der Waals surface area contributed by atoms with E-state index in [4.69, 9.17) is 30.6 Å². The van der Waals surface area contributed by atoms with Crippen LogP contribution in [0.5, 0.6) is 34.5 Å². The van der Waals surface area contributed by atoms with Crippen LogP contribution in [0.3, 0.4) is 0 Å². The molecule has 0 heterocycles. The largest absolute Gasteiger partial charge is 0.508 e. The van der Waals surface area contributed by atoms with Crippen LogP contribution in [-0.4, -0.2) is 45.4 Å². The third-order valence-corrected chi connectivity index (χ3v) is 3.29. The average Bonchev–Trinajstić information content (AvgIpc) is 2.66. The first-order valence-corrected chi connectivity index (χ1v) is 8.30. The van der Waals surface area contributed by atoms with Gasteiger partial charge in [-0.25, -0.2) is 0 Å². The van der Waals surface area contributed by atoms with Gasteiger partial charge in [0.25, 0.3) is 17.1 Å². The second kappa shape index (κ2) is 15.7. The maximum atomic E-state index is 10.1. The van der Waals surface area contributed by atoms with Crippen LogP contribution in [0.1, 0.15) is 0 Å². The Morgan fingerprint density at radius 2 is 0.543 bits per heavy atom. The van der Waals surface area contributed by atoms with Crippen LogP contribution in [0, 0.1) is 30.3 Å². The maximum absolute atomic E-state index is 10.1. The Morgan fingerprint density at radius 1 is 0.400 bits per heavy atom.